The van der Waals surface area contributed by atoms with Crippen molar-refractivity contribution in [3.63, 3.8) is 0 Å². The maximum Gasteiger partial charge on any atom is 0.244 e. The van der Waals surface area contributed by atoms with E-state index in [2.05, 4.69) is 14.9 Å². The van der Waals surface area contributed by atoms with Gasteiger partial charge in [-0.1, -0.05) is 0 Å². The summed E-state index contributed by atoms with van der Waals surface area (Å²) in [5.41, 5.74) is 0. The van der Waals surface area contributed by atoms with Gasteiger partial charge in [0.25, 0.3) is 0 Å². The van der Waals surface area contributed by atoms with Gasteiger partial charge >= 0.3 is 0 Å². The van der Waals surface area contributed by atoms with Crippen LogP contribution in [-0.2, 0) is 14.8 Å². The van der Waals surface area contributed by atoms with Crippen molar-refractivity contribution in [2.24, 2.45) is 0 Å². The molecule has 0 amide bonds. The summed E-state index contributed by atoms with van der Waals surface area (Å²) in [6.07, 6.45) is 2.44. The van der Waals surface area contributed by atoms with Crippen LogP contribution in [0.25, 0.3) is 0 Å². The van der Waals surface area contributed by atoms with Crippen molar-refractivity contribution in [1.29, 1.82) is 0 Å². The van der Waals surface area contributed by atoms with Crippen LogP contribution in [0.3, 0.4) is 0 Å². The number of rotatable bonds is 6. The molecule has 0 saturated heterocycles. The summed E-state index contributed by atoms with van der Waals surface area (Å²) in [6, 6.07) is -0.658. The third-order valence-corrected chi connectivity index (χ3v) is 3.18. The molecule has 86 valence electrons. The maximum atomic E-state index is 11.6. The van der Waals surface area contributed by atoms with E-state index in [4.69, 9.17) is 9.84 Å². The summed E-state index contributed by atoms with van der Waals surface area (Å²) in [5, 5.41) is 14.8. The van der Waals surface area contributed by atoms with Crippen LogP contribution in [0.4, 0.5) is 0 Å². The zero-order valence-corrected chi connectivity index (χ0v) is 8.99. The van der Waals surface area contributed by atoms with E-state index in [1.54, 1.807) is 0 Å². The van der Waals surface area contributed by atoms with Gasteiger partial charge in [0, 0.05) is 13.3 Å². The number of aromatic amines is 1. The lowest BCUT2D eigenvalue weighted by atomic mass is 10.4. The topological polar surface area (TPSA) is 104 Å². The number of ether oxygens (including phenoxy) is 1. The minimum Gasteiger partial charge on any atom is -0.395 e. The number of nitrogens with zero attached hydrogens (tertiary/aromatic N) is 1. The molecule has 1 atom stereocenters. The average molecular weight is 235 g/mol. The number of aromatic nitrogens is 2. The van der Waals surface area contributed by atoms with Gasteiger partial charge in [0.2, 0.25) is 10.0 Å². The normalized spacial score (nSPS) is 14.0. The quantitative estimate of drug-likeness (QED) is 0.568. The molecule has 3 N–H and O–H groups in total. The predicted octanol–water partition coefficient (Wildman–Crippen LogP) is -1.30. The number of hydrogen-bond acceptors (Lipinski definition) is 5. The summed E-state index contributed by atoms with van der Waals surface area (Å²) >= 11 is 0. The first-order valence-corrected chi connectivity index (χ1v) is 5.69. The minimum atomic E-state index is -3.63. The Hall–Kier alpha value is -0.960. The Morgan fingerprint density at radius 2 is 2.47 bits per heavy atom. The molecule has 0 aromatic carbocycles. The van der Waals surface area contributed by atoms with Crippen LogP contribution < -0.4 is 4.72 Å². The van der Waals surface area contributed by atoms with Crippen LogP contribution >= 0.6 is 0 Å². The van der Waals surface area contributed by atoms with Gasteiger partial charge in [-0.25, -0.2) is 13.1 Å². The second-order valence-electron chi connectivity index (χ2n) is 2.89. The molecule has 1 heterocycles. The van der Waals surface area contributed by atoms with Gasteiger partial charge in [-0.3, -0.25) is 5.10 Å². The number of H-pyrrole nitrogens is 1. The summed E-state index contributed by atoms with van der Waals surface area (Å²) in [4.78, 5) is 0.0250. The van der Waals surface area contributed by atoms with Crippen molar-refractivity contribution in [3.05, 3.63) is 12.4 Å². The number of hydrogen-bond donors (Lipinski definition) is 3. The van der Waals surface area contributed by atoms with Crippen molar-refractivity contribution in [3.8, 4) is 0 Å². The fourth-order valence-corrected chi connectivity index (χ4v) is 2.12. The van der Waals surface area contributed by atoms with Crippen molar-refractivity contribution in [1.82, 2.24) is 14.9 Å². The Bertz CT molecular complexity index is 375. The zero-order valence-electron chi connectivity index (χ0n) is 8.17. The molecule has 15 heavy (non-hydrogen) atoms. The average Bonchev–Trinajstić information content (AvgIpc) is 2.70. The van der Waals surface area contributed by atoms with E-state index >= 15 is 0 Å². The summed E-state index contributed by atoms with van der Waals surface area (Å²) < 4.78 is 30.2. The van der Waals surface area contributed by atoms with Crippen molar-refractivity contribution < 1.29 is 18.3 Å². The first kappa shape index (κ1) is 12.1. The molecule has 1 rings (SSSR count). The van der Waals surface area contributed by atoms with Crippen LogP contribution in [0.5, 0.6) is 0 Å². The molecule has 0 spiro atoms. The first-order chi connectivity index (χ1) is 7.10. The van der Waals surface area contributed by atoms with Crippen molar-refractivity contribution in [2.45, 2.75) is 10.9 Å². The van der Waals surface area contributed by atoms with Crippen LogP contribution in [0, 0.1) is 0 Å². The Labute approximate surface area is 87.5 Å². The largest absolute Gasteiger partial charge is 0.395 e. The third kappa shape index (κ3) is 3.27. The zero-order chi connectivity index (χ0) is 11.3. The molecule has 0 aliphatic carbocycles. The summed E-state index contributed by atoms with van der Waals surface area (Å²) in [5.74, 6) is 0. The monoisotopic (exact) mass is 235 g/mol. The maximum absolute atomic E-state index is 11.6. The standard InChI is InChI=1S/C7H13N3O4S/c1-14-5-6(4-11)10-15(12,13)7-2-8-9-3-7/h2-3,6,10-11H,4-5H2,1H3,(H,8,9). The number of aliphatic hydroxyl groups is 1. The number of sulfonamides is 1. The molecule has 0 fully saturated rings. The van der Waals surface area contributed by atoms with Gasteiger partial charge in [-0.2, -0.15) is 5.10 Å². The van der Waals surface area contributed by atoms with Gasteiger partial charge in [-0.15, -0.1) is 0 Å². The summed E-state index contributed by atoms with van der Waals surface area (Å²) in [7, 11) is -2.21. The first-order valence-electron chi connectivity index (χ1n) is 4.21. The highest BCUT2D eigenvalue weighted by Gasteiger charge is 2.20. The highest BCUT2D eigenvalue weighted by atomic mass is 32.2. The molecule has 0 saturated carbocycles. The molecule has 8 heteroatoms. The van der Waals surface area contributed by atoms with E-state index in [9.17, 15) is 8.42 Å². The number of aliphatic hydroxyl groups excluding tert-OH is 1. The Kier molecular flexibility index (Phi) is 4.21. The lowest BCUT2D eigenvalue weighted by Gasteiger charge is -2.14. The van der Waals surface area contributed by atoms with E-state index in [-0.39, 0.29) is 18.1 Å². The van der Waals surface area contributed by atoms with Crippen molar-refractivity contribution >= 4 is 10.0 Å². The molecular formula is C7H13N3O4S. The molecule has 1 aromatic heterocycles. The third-order valence-electron chi connectivity index (χ3n) is 1.69. The number of methoxy groups -OCH3 is 1. The fourth-order valence-electron chi connectivity index (χ4n) is 0.999. The van der Waals surface area contributed by atoms with E-state index in [0.29, 0.717) is 0 Å². The van der Waals surface area contributed by atoms with E-state index < -0.39 is 16.1 Å². The Morgan fingerprint density at radius 3 is 2.93 bits per heavy atom. The van der Waals surface area contributed by atoms with Crippen LogP contribution in [0.15, 0.2) is 17.3 Å². The molecule has 0 aliphatic heterocycles. The molecule has 0 radical (unpaired) electrons. The molecule has 1 aromatic rings. The molecular weight excluding hydrogens is 222 g/mol. The van der Waals surface area contributed by atoms with Gasteiger partial charge in [0.15, 0.2) is 0 Å². The lowest BCUT2D eigenvalue weighted by molar-refractivity contribution is 0.139. The second kappa shape index (κ2) is 5.21. The highest BCUT2D eigenvalue weighted by molar-refractivity contribution is 7.89. The SMILES string of the molecule is COCC(CO)NS(=O)(=O)c1cn[nH]c1. The van der Waals surface area contributed by atoms with Gasteiger partial charge < -0.3 is 9.84 Å². The smallest absolute Gasteiger partial charge is 0.244 e. The molecule has 7 nitrogen and oxygen atoms in total. The van der Waals surface area contributed by atoms with Crippen molar-refractivity contribution in [2.75, 3.05) is 20.3 Å². The molecule has 0 bridgehead atoms. The number of nitrogens with one attached hydrogen (secondary N) is 2. The van der Waals surface area contributed by atoms with E-state index in [1.165, 1.54) is 19.5 Å². The molecule has 1 unspecified atom stereocenters. The Morgan fingerprint density at radius 1 is 1.73 bits per heavy atom. The van der Waals surface area contributed by atoms with E-state index in [0.717, 1.165) is 0 Å². The minimum absolute atomic E-state index is 0.0250. The second-order valence-corrected chi connectivity index (χ2v) is 4.60. The van der Waals surface area contributed by atoms with E-state index in [1.807, 2.05) is 0 Å². The van der Waals surface area contributed by atoms with Crippen LogP contribution in [-0.4, -0.2) is 50.1 Å². The molecule has 0 aliphatic rings. The summed E-state index contributed by atoms with van der Waals surface area (Å²) in [6.45, 7) is -0.224. The van der Waals surface area contributed by atoms with Crippen LogP contribution in [0.2, 0.25) is 0 Å². The van der Waals surface area contributed by atoms with Gasteiger partial charge in [0.05, 0.1) is 25.5 Å². The van der Waals surface area contributed by atoms with Gasteiger partial charge in [0.1, 0.15) is 4.90 Å². The van der Waals surface area contributed by atoms with Gasteiger partial charge in [-0.05, 0) is 0 Å². The van der Waals surface area contributed by atoms with Crippen LogP contribution in [0.1, 0.15) is 0 Å². The Balaban J connectivity index is 2.72. The fraction of sp³-hybridized carbons (Fsp3) is 0.571. The predicted molar refractivity (Wildman–Crippen MR) is 51.7 cm³/mol. The highest BCUT2D eigenvalue weighted by Crippen LogP contribution is 2.05. The lowest BCUT2D eigenvalue weighted by Crippen LogP contribution is -2.40.